The van der Waals surface area contributed by atoms with Crippen LogP contribution in [-0.4, -0.2) is 37.2 Å². The van der Waals surface area contributed by atoms with Gasteiger partial charge in [0.15, 0.2) is 6.10 Å². The van der Waals surface area contributed by atoms with Crippen LogP contribution in [0.1, 0.15) is 258 Å². The Labute approximate surface area is 323 Å². The molecule has 6 nitrogen and oxygen atoms in total. The second kappa shape index (κ2) is 42.2. The van der Waals surface area contributed by atoms with Crippen molar-refractivity contribution in [1.29, 1.82) is 0 Å². The molecule has 0 aliphatic carbocycles. The lowest BCUT2D eigenvalue weighted by Gasteiger charge is -2.18. The van der Waals surface area contributed by atoms with E-state index >= 15 is 0 Å². The number of esters is 3. The first-order chi connectivity index (χ1) is 25.5. The SMILES string of the molecule is CCCCCCCCCCCCCCCCCCCCCCCCC(=O)OCC(COC(=O)CCCCCCC)OC(=O)CCCCCCCCC. The normalized spacial score (nSPS) is 11.8. The van der Waals surface area contributed by atoms with Crippen molar-refractivity contribution in [1.82, 2.24) is 0 Å². The molecule has 0 saturated heterocycles. The van der Waals surface area contributed by atoms with Gasteiger partial charge in [-0.25, -0.2) is 0 Å². The number of carbonyl (C=O) groups is 3. The van der Waals surface area contributed by atoms with Gasteiger partial charge in [0.2, 0.25) is 0 Å². The molecule has 0 radical (unpaired) electrons. The van der Waals surface area contributed by atoms with Gasteiger partial charge in [-0.3, -0.25) is 14.4 Å². The maximum Gasteiger partial charge on any atom is 0.306 e. The maximum absolute atomic E-state index is 12.5. The van der Waals surface area contributed by atoms with Crippen LogP contribution in [-0.2, 0) is 28.6 Å². The summed E-state index contributed by atoms with van der Waals surface area (Å²) in [7, 11) is 0. The second-order valence-electron chi connectivity index (χ2n) is 15.7. The van der Waals surface area contributed by atoms with Crippen molar-refractivity contribution in [3.8, 4) is 0 Å². The highest BCUT2D eigenvalue weighted by Crippen LogP contribution is 2.16. The highest BCUT2D eigenvalue weighted by molar-refractivity contribution is 5.71. The fraction of sp³-hybridized carbons (Fsp3) is 0.935. The average Bonchev–Trinajstić information content (AvgIpc) is 3.14. The third kappa shape index (κ3) is 39.6. The van der Waals surface area contributed by atoms with Crippen LogP contribution in [0.3, 0.4) is 0 Å². The van der Waals surface area contributed by atoms with Crippen LogP contribution >= 0.6 is 0 Å². The third-order valence-corrected chi connectivity index (χ3v) is 10.4. The molecule has 0 amide bonds. The number of carbonyl (C=O) groups excluding carboxylic acids is 3. The lowest BCUT2D eigenvalue weighted by Crippen LogP contribution is -2.30. The Morgan fingerprint density at radius 1 is 0.308 bits per heavy atom. The lowest BCUT2D eigenvalue weighted by atomic mass is 10.0. The van der Waals surface area contributed by atoms with Gasteiger partial charge in [0.25, 0.3) is 0 Å². The molecule has 6 heteroatoms. The molecule has 0 fully saturated rings. The Hall–Kier alpha value is -1.59. The Morgan fingerprint density at radius 3 is 0.769 bits per heavy atom. The van der Waals surface area contributed by atoms with Crippen LogP contribution in [0.25, 0.3) is 0 Å². The van der Waals surface area contributed by atoms with Gasteiger partial charge >= 0.3 is 17.9 Å². The molecule has 1 unspecified atom stereocenters. The Morgan fingerprint density at radius 2 is 0.519 bits per heavy atom. The first-order valence-corrected chi connectivity index (χ1v) is 23.0. The average molecular weight is 737 g/mol. The number of hydrogen-bond acceptors (Lipinski definition) is 6. The largest absolute Gasteiger partial charge is 0.462 e. The molecule has 0 aliphatic heterocycles. The first kappa shape index (κ1) is 50.4. The Kier molecular flexibility index (Phi) is 40.9. The highest BCUT2D eigenvalue weighted by atomic mass is 16.6. The summed E-state index contributed by atoms with van der Waals surface area (Å²) in [5.74, 6) is -0.876. The lowest BCUT2D eigenvalue weighted by molar-refractivity contribution is -0.167. The van der Waals surface area contributed by atoms with Crippen LogP contribution in [0.2, 0.25) is 0 Å². The fourth-order valence-electron chi connectivity index (χ4n) is 6.85. The number of hydrogen-bond donors (Lipinski definition) is 0. The zero-order chi connectivity index (χ0) is 38.0. The minimum atomic E-state index is -0.755. The van der Waals surface area contributed by atoms with Crippen LogP contribution in [0.15, 0.2) is 0 Å². The second-order valence-corrected chi connectivity index (χ2v) is 15.7. The number of unbranched alkanes of at least 4 members (excludes halogenated alkanes) is 31. The van der Waals surface area contributed by atoms with E-state index in [4.69, 9.17) is 14.2 Å². The van der Waals surface area contributed by atoms with E-state index in [-0.39, 0.29) is 31.1 Å². The van der Waals surface area contributed by atoms with E-state index < -0.39 is 6.10 Å². The summed E-state index contributed by atoms with van der Waals surface area (Å²) in [4.78, 5) is 37.3. The molecule has 0 saturated carbocycles. The molecule has 0 aromatic carbocycles. The van der Waals surface area contributed by atoms with Crippen molar-refractivity contribution in [2.24, 2.45) is 0 Å². The van der Waals surface area contributed by atoms with Crippen molar-refractivity contribution >= 4 is 17.9 Å². The van der Waals surface area contributed by atoms with Crippen molar-refractivity contribution < 1.29 is 28.6 Å². The Balaban J connectivity index is 3.94. The Bertz CT molecular complexity index is 768. The molecule has 0 aromatic heterocycles. The van der Waals surface area contributed by atoms with Crippen molar-refractivity contribution in [3.05, 3.63) is 0 Å². The highest BCUT2D eigenvalue weighted by Gasteiger charge is 2.19. The smallest absolute Gasteiger partial charge is 0.306 e. The van der Waals surface area contributed by atoms with E-state index in [2.05, 4.69) is 20.8 Å². The topological polar surface area (TPSA) is 78.9 Å². The quantitative estimate of drug-likeness (QED) is 0.0353. The molecule has 0 heterocycles. The molecular formula is C46H88O6. The van der Waals surface area contributed by atoms with Gasteiger partial charge < -0.3 is 14.2 Å². The van der Waals surface area contributed by atoms with E-state index in [9.17, 15) is 14.4 Å². The predicted molar refractivity (Wildman–Crippen MR) is 220 cm³/mol. The third-order valence-electron chi connectivity index (χ3n) is 10.4. The van der Waals surface area contributed by atoms with Crippen LogP contribution in [0.5, 0.6) is 0 Å². The summed E-state index contributed by atoms with van der Waals surface area (Å²) in [6, 6.07) is 0. The van der Waals surface area contributed by atoms with Gasteiger partial charge in [-0.1, -0.05) is 220 Å². The van der Waals surface area contributed by atoms with Gasteiger partial charge in [-0.15, -0.1) is 0 Å². The predicted octanol–water partition coefficient (Wildman–Crippen LogP) is 14.5. The zero-order valence-corrected chi connectivity index (χ0v) is 35.1. The maximum atomic E-state index is 12.5. The molecule has 0 aromatic rings. The molecule has 308 valence electrons. The van der Waals surface area contributed by atoms with E-state index in [1.165, 1.54) is 154 Å². The standard InChI is InChI=1S/C46H88O6/c1-4-7-10-13-15-16-17-18-19-20-21-22-23-24-25-26-27-28-29-31-33-36-39-45(48)51-42-43(41-50-44(47)38-35-32-12-9-6-3)52-46(49)40-37-34-30-14-11-8-5-2/h43H,4-42H2,1-3H3. The van der Waals surface area contributed by atoms with Crippen LogP contribution < -0.4 is 0 Å². The molecule has 0 N–H and O–H groups in total. The minimum Gasteiger partial charge on any atom is -0.462 e. The monoisotopic (exact) mass is 737 g/mol. The summed E-state index contributed by atoms with van der Waals surface area (Å²) in [5.41, 5.74) is 0. The van der Waals surface area contributed by atoms with Crippen LogP contribution in [0.4, 0.5) is 0 Å². The van der Waals surface area contributed by atoms with Gasteiger partial charge in [-0.2, -0.15) is 0 Å². The fourth-order valence-corrected chi connectivity index (χ4v) is 6.85. The van der Waals surface area contributed by atoms with Crippen molar-refractivity contribution in [3.63, 3.8) is 0 Å². The summed E-state index contributed by atoms with van der Waals surface area (Å²) >= 11 is 0. The molecule has 52 heavy (non-hydrogen) atoms. The van der Waals surface area contributed by atoms with Gasteiger partial charge in [0.1, 0.15) is 13.2 Å². The molecule has 0 aliphatic rings. The zero-order valence-electron chi connectivity index (χ0n) is 35.1. The summed E-state index contributed by atoms with van der Waals surface area (Å²) in [6.07, 6.45) is 42.9. The molecule has 0 spiro atoms. The van der Waals surface area contributed by atoms with Gasteiger partial charge in [0.05, 0.1) is 0 Å². The van der Waals surface area contributed by atoms with E-state index in [1.54, 1.807) is 0 Å². The molecule has 0 rings (SSSR count). The van der Waals surface area contributed by atoms with Crippen molar-refractivity contribution in [2.75, 3.05) is 13.2 Å². The molecular weight excluding hydrogens is 649 g/mol. The van der Waals surface area contributed by atoms with Gasteiger partial charge in [0, 0.05) is 19.3 Å². The molecule has 0 bridgehead atoms. The first-order valence-electron chi connectivity index (χ1n) is 23.0. The van der Waals surface area contributed by atoms with Crippen LogP contribution in [0, 0.1) is 0 Å². The van der Waals surface area contributed by atoms with E-state index in [0.717, 1.165) is 64.2 Å². The molecule has 1 atom stereocenters. The minimum absolute atomic E-state index is 0.0648. The van der Waals surface area contributed by atoms with E-state index in [1.807, 2.05) is 0 Å². The van der Waals surface area contributed by atoms with Gasteiger partial charge in [-0.05, 0) is 19.3 Å². The summed E-state index contributed by atoms with van der Waals surface area (Å²) in [6.45, 7) is 6.53. The number of rotatable bonds is 42. The number of ether oxygens (including phenoxy) is 3. The van der Waals surface area contributed by atoms with Crippen molar-refractivity contribution in [2.45, 2.75) is 264 Å². The summed E-state index contributed by atoms with van der Waals surface area (Å²) in [5, 5.41) is 0. The van der Waals surface area contributed by atoms with E-state index in [0.29, 0.717) is 19.3 Å². The summed E-state index contributed by atoms with van der Waals surface area (Å²) < 4.78 is 16.5.